The summed E-state index contributed by atoms with van der Waals surface area (Å²) < 4.78 is 0. The summed E-state index contributed by atoms with van der Waals surface area (Å²) in [6.07, 6.45) is 2.54. The highest BCUT2D eigenvalue weighted by Gasteiger charge is 1.94. The van der Waals surface area contributed by atoms with Gasteiger partial charge < -0.3 is 10.0 Å². The Balaban J connectivity index is 3.08. The second-order valence-corrected chi connectivity index (χ2v) is 1.25. The van der Waals surface area contributed by atoms with E-state index in [1.807, 2.05) is 7.85 Å². The molecule has 0 radical (unpaired) electrons. The van der Waals surface area contributed by atoms with Gasteiger partial charge in [0.2, 0.25) is 0 Å². The minimum absolute atomic E-state index is 0.845. The van der Waals surface area contributed by atoms with E-state index in [1.54, 1.807) is 6.08 Å². The van der Waals surface area contributed by atoms with Crippen LogP contribution < -0.4 is 0 Å². The van der Waals surface area contributed by atoms with Crippen molar-refractivity contribution in [3.63, 3.8) is 0 Å². The highest BCUT2D eigenvalue weighted by atomic mass is 16.4. The minimum Gasteiger partial charge on any atom is -0.424 e. The molecular formula is C3H8B2O2. The quantitative estimate of drug-likeness (QED) is 0.417. The Morgan fingerprint density at radius 3 is 2.29 bits per heavy atom. The van der Waals surface area contributed by atoms with Crippen LogP contribution in [-0.2, 0) is 0 Å². The third-order valence-electron chi connectivity index (χ3n) is 0.544. The maximum absolute atomic E-state index is 8.15. The lowest BCUT2D eigenvalue weighted by Crippen LogP contribution is -2.05. The molecule has 2 nitrogen and oxygen atoms in total. The number of allylic oxidation sites excluding steroid dienone is 1. The summed E-state index contributed by atoms with van der Waals surface area (Å²) in [5.41, 5.74) is 0. The van der Waals surface area contributed by atoms with Crippen molar-refractivity contribution in [3.05, 3.63) is 12.1 Å². The summed E-state index contributed by atoms with van der Waals surface area (Å²) >= 11 is 0. The molecule has 0 aliphatic heterocycles. The van der Waals surface area contributed by atoms with Crippen LogP contribution in [0.2, 0.25) is 6.32 Å². The highest BCUT2D eigenvalue weighted by molar-refractivity contribution is 6.47. The minimum atomic E-state index is -1.28. The van der Waals surface area contributed by atoms with Gasteiger partial charge in [0.1, 0.15) is 7.85 Å². The van der Waals surface area contributed by atoms with E-state index in [1.165, 1.54) is 5.98 Å². The molecular weight excluding hydrogens is 89.7 g/mol. The van der Waals surface area contributed by atoms with Crippen molar-refractivity contribution in [1.29, 1.82) is 0 Å². The molecule has 0 heterocycles. The van der Waals surface area contributed by atoms with Crippen LogP contribution in [0.3, 0.4) is 0 Å². The average Bonchev–Trinajstić information content (AvgIpc) is 1.61. The van der Waals surface area contributed by atoms with Gasteiger partial charge in [0.15, 0.2) is 0 Å². The second kappa shape index (κ2) is 3.96. The topological polar surface area (TPSA) is 40.5 Å². The van der Waals surface area contributed by atoms with Gasteiger partial charge in [0.25, 0.3) is 0 Å². The van der Waals surface area contributed by atoms with Crippen LogP contribution in [0.1, 0.15) is 0 Å². The third-order valence-corrected chi connectivity index (χ3v) is 0.544. The van der Waals surface area contributed by atoms with Crippen LogP contribution in [0.15, 0.2) is 12.1 Å². The van der Waals surface area contributed by atoms with Crippen molar-refractivity contribution in [2.45, 2.75) is 6.32 Å². The van der Waals surface area contributed by atoms with Crippen molar-refractivity contribution in [1.82, 2.24) is 0 Å². The Kier molecular flexibility index (Phi) is 3.84. The van der Waals surface area contributed by atoms with Crippen LogP contribution in [0.4, 0.5) is 0 Å². The fourth-order valence-corrected chi connectivity index (χ4v) is 0.258. The van der Waals surface area contributed by atoms with Crippen LogP contribution in [0, 0.1) is 0 Å². The Morgan fingerprint density at radius 2 is 2.14 bits per heavy atom. The van der Waals surface area contributed by atoms with E-state index in [0.717, 1.165) is 6.32 Å². The van der Waals surface area contributed by atoms with Gasteiger partial charge in [-0.1, -0.05) is 18.4 Å². The number of hydrogen-bond acceptors (Lipinski definition) is 2. The van der Waals surface area contributed by atoms with Gasteiger partial charge in [-0.25, -0.2) is 0 Å². The molecule has 0 rings (SSSR count). The van der Waals surface area contributed by atoms with E-state index in [9.17, 15) is 0 Å². The predicted molar refractivity (Wildman–Crippen MR) is 32.7 cm³/mol. The first-order chi connectivity index (χ1) is 3.27. The molecule has 0 saturated carbocycles. The summed E-state index contributed by atoms with van der Waals surface area (Å²) in [7, 11) is 0.652. The standard InChI is InChI=1S/C3H8B2O2/c4-2-1-3-5(6)7/h1,3,6-7H,2,4H2/b3-1+. The fraction of sp³-hybridized carbons (Fsp3) is 0.333. The predicted octanol–water partition coefficient (Wildman–Crippen LogP) is -1.39. The lowest BCUT2D eigenvalue weighted by atomic mass is 9.89. The first-order valence-electron chi connectivity index (χ1n) is 2.30. The largest absolute Gasteiger partial charge is 0.480 e. The summed E-state index contributed by atoms with van der Waals surface area (Å²) in [4.78, 5) is 0. The molecule has 0 aliphatic rings. The Labute approximate surface area is 44.4 Å². The zero-order valence-corrected chi connectivity index (χ0v) is 4.33. The molecule has 0 aromatic carbocycles. The molecule has 0 aromatic heterocycles. The van der Waals surface area contributed by atoms with Crippen LogP contribution in [0.5, 0.6) is 0 Å². The molecule has 0 bridgehead atoms. The summed E-state index contributed by atoms with van der Waals surface area (Å²) in [5, 5.41) is 16.3. The zero-order chi connectivity index (χ0) is 5.70. The van der Waals surface area contributed by atoms with Crippen LogP contribution in [0.25, 0.3) is 0 Å². The smallest absolute Gasteiger partial charge is 0.424 e. The van der Waals surface area contributed by atoms with Crippen molar-refractivity contribution in [2.75, 3.05) is 0 Å². The van der Waals surface area contributed by atoms with Gasteiger partial charge in [0.05, 0.1) is 0 Å². The lowest BCUT2D eigenvalue weighted by Gasteiger charge is -1.81. The summed E-state index contributed by atoms with van der Waals surface area (Å²) in [6, 6.07) is 0. The zero-order valence-electron chi connectivity index (χ0n) is 4.33. The van der Waals surface area contributed by atoms with E-state index < -0.39 is 7.12 Å². The van der Waals surface area contributed by atoms with Gasteiger partial charge in [-0.3, -0.25) is 0 Å². The van der Waals surface area contributed by atoms with Gasteiger partial charge in [-0.05, 0) is 0 Å². The van der Waals surface area contributed by atoms with Crippen LogP contribution in [-0.4, -0.2) is 25.0 Å². The highest BCUT2D eigenvalue weighted by Crippen LogP contribution is 1.76. The van der Waals surface area contributed by atoms with Gasteiger partial charge in [-0.2, -0.15) is 0 Å². The SMILES string of the molecule is BC/C=C/B(O)O. The second-order valence-electron chi connectivity index (χ2n) is 1.25. The number of hydrogen-bond donors (Lipinski definition) is 2. The van der Waals surface area contributed by atoms with E-state index >= 15 is 0 Å². The molecule has 0 amide bonds. The average molecular weight is 97.7 g/mol. The Hall–Kier alpha value is -0.210. The van der Waals surface area contributed by atoms with E-state index in [-0.39, 0.29) is 0 Å². The monoisotopic (exact) mass is 98.1 g/mol. The first-order valence-corrected chi connectivity index (χ1v) is 2.30. The summed E-state index contributed by atoms with van der Waals surface area (Å²) in [5.74, 6) is 1.33. The summed E-state index contributed by atoms with van der Waals surface area (Å²) in [6.45, 7) is 0. The van der Waals surface area contributed by atoms with Crippen molar-refractivity contribution in [3.8, 4) is 0 Å². The molecule has 0 aromatic rings. The first kappa shape index (κ1) is 6.79. The lowest BCUT2D eigenvalue weighted by molar-refractivity contribution is 0.424. The molecule has 0 atom stereocenters. The molecule has 4 heteroatoms. The fourth-order valence-electron chi connectivity index (χ4n) is 0.258. The molecule has 2 N–H and O–H groups in total. The molecule has 38 valence electrons. The third kappa shape index (κ3) is 5.79. The molecule has 0 fully saturated rings. The van der Waals surface area contributed by atoms with Gasteiger partial charge in [0, 0.05) is 0 Å². The Bertz CT molecular complexity index is 62.0. The van der Waals surface area contributed by atoms with E-state index in [2.05, 4.69) is 0 Å². The van der Waals surface area contributed by atoms with Crippen LogP contribution >= 0.6 is 0 Å². The molecule has 7 heavy (non-hydrogen) atoms. The van der Waals surface area contributed by atoms with Gasteiger partial charge >= 0.3 is 7.12 Å². The molecule has 0 spiro atoms. The Morgan fingerprint density at radius 1 is 1.57 bits per heavy atom. The molecule has 0 saturated heterocycles. The molecule has 0 unspecified atom stereocenters. The van der Waals surface area contributed by atoms with Crippen molar-refractivity contribution >= 4 is 15.0 Å². The normalized spacial score (nSPS) is 10.0. The maximum atomic E-state index is 8.15. The van der Waals surface area contributed by atoms with Crippen molar-refractivity contribution < 1.29 is 10.0 Å². The van der Waals surface area contributed by atoms with Gasteiger partial charge in [-0.15, -0.1) is 0 Å². The van der Waals surface area contributed by atoms with E-state index in [4.69, 9.17) is 10.0 Å². The van der Waals surface area contributed by atoms with Crippen molar-refractivity contribution in [2.24, 2.45) is 0 Å². The molecule has 0 aliphatic carbocycles. The number of rotatable bonds is 2. The maximum Gasteiger partial charge on any atom is 0.480 e. The van der Waals surface area contributed by atoms with E-state index in [0.29, 0.717) is 0 Å².